The van der Waals surface area contributed by atoms with Gasteiger partial charge in [-0.15, -0.1) is 0 Å². The van der Waals surface area contributed by atoms with Crippen molar-refractivity contribution in [2.75, 3.05) is 25.1 Å². The average molecular weight is 479 g/mol. The van der Waals surface area contributed by atoms with Crippen molar-refractivity contribution in [2.45, 2.75) is 20.4 Å². The number of carbonyl (C=O) groups excluding carboxylic acids is 3. The molecule has 0 aliphatic carbocycles. The van der Waals surface area contributed by atoms with Gasteiger partial charge >= 0.3 is 12.1 Å². The lowest BCUT2D eigenvalue weighted by atomic mass is 10.1. The third kappa shape index (κ3) is 7.26. The Hall–Kier alpha value is -4.47. The zero-order chi connectivity index (χ0) is 25.2. The lowest BCUT2D eigenvalue weighted by Gasteiger charge is -2.10. The molecule has 0 atom stereocenters. The topological polar surface area (TPSA) is 129 Å². The van der Waals surface area contributed by atoms with Gasteiger partial charge in [0.15, 0.2) is 0 Å². The molecule has 1 aromatic heterocycles. The molecular weight excluding hydrogens is 452 g/mol. The molecule has 2 aromatic carbocycles. The van der Waals surface area contributed by atoms with Crippen molar-refractivity contribution in [3.63, 3.8) is 0 Å². The molecule has 0 saturated carbocycles. The fraction of sp³-hybridized carbons (Fsp3) is 0.240. The number of ether oxygens (including phenoxy) is 2. The lowest BCUT2D eigenvalue weighted by molar-refractivity contribution is -0.141. The van der Waals surface area contributed by atoms with Gasteiger partial charge in [0.25, 0.3) is 11.5 Å². The summed E-state index contributed by atoms with van der Waals surface area (Å²) < 4.78 is 11.0. The van der Waals surface area contributed by atoms with Crippen molar-refractivity contribution in [3.05, 3.63) is 82.1 Å². The molecule has 10 heteroatoms. The van der Waals surface area contributed by atoms with Crippen LogP contribution in [0.3, 0.4) is 0 Å². The second kappa shape index (κ2) is 12.1. The van der Waals surface area contributed by atoms with Gasteiger partial charge in [-0.05, 0) is 49.7 Å². The number of nitrogens with zero attached hydrogens (tertiary/aromatic N) is 2. The first-order chi connectivity index (χ1) is 16.9. The van der Waals surface area contributed by atoms with Crippen molar-refractivity contribution in [3.8, 4) is 11.3 Å². The highest BCUT2D eigenvalue weighted by Gasteiger charge is 2.10. The second-order valence-electron chi connectivity index (χ2n) is 7.33. The Morgan fingerprint density at radius 1 is 0.943 bits per heavy atom. The quantitative estimate of drug-likeness (QED) is 0.453. The first-order valence-corrected chi connectivity index (χ1v) is 11.0. The average Bonchev–Trinajstić information content (AvgIpc) is 2.84. The molecule has 10 nitrogen and oxygen atoms in total. The van der Waals surface area contributed by atoms with Crippen LogP contribution in [0, 0.1) is 0 Å². The van der Waals surface area contributed by atoms with Crippen LogP contribution in [0.1, 0.15) is 29.8 Å². The van der Waals surface area contributed by atoms with Crippen molar-refractivity contribution in [1.82, 2.24) is 15.1 Å². The molecular formula is C25H26N4O6. The molecule has 0 aliphatic heterocycles. The Balaban J connectivity index is 1.72. The minimum Gasteiger partial charge on any atom is -0.465 e. The van der Waals surface area contributed by atoms with Crippen LogP contribution in [-0.2, 0) is 20.8 Å². The smallest absolute Gasteiger partial charge is 0.411 e. The van der Waals surface area contributed by atoms with Crippen LogP contribution >= 0.6 is 0 Å². The number of hydrogen-bond acceptors (Lipinski definition) is 7. The first-order valence-electron chi connectivity index (χ1n) is 11.0. The van der Waals surface area contributed by atoms with Crippen LogP contribution in [0.15, 0.2) is 65.5 Å². The fourth-order valence-corrected chi connectivity index (χ4v) is 3.18. The van der Waals surface area contributed by atoms with E-state index >= 15 is 0 Å². The lowest BCUT2D eigenvalue weighted by Crippen LogP contribution is -2.30. The maximum atomic E-state index is 12.4. The van der Waals surface area contributed by atoms with Crippen LogP contribution < -0.4 is 16.2 Å². The molecule has 182 valence electrons. The van der Waals surface area contributed by atoms with E-state index in [-0.39, 0.29) is 31.9 Å². The van der Waals surface area contributed by atoms with Gasteiger partial charge in [-0.1, -0.05) is 24.3 Å². The fourth-order valence-electron chi connectivity index (χ4n) is 3.18. The Kier molecular flexibility index (Phi) is 8.71. The zero-order valence-electron chi connectivity index (χ0n) is 19.4. The molecule has 1 heterocycles. The van der Waals surface area contributed by atoms with Crippen LogP contribution in [0.4, 0.5) is 10.5 Å². The standard InChI is InChI=1S/C25H26N4O6/c1-3-34-23(31)15-26-24(32)19-10-8-18(9-11-19)21-12-13-22(30)29(28-21)16-17-6-5-7-20(14-17)27-25(33)35-4-2/h5-14H,3-4,15-16H2,1-2H3,(H,26,32)(H,27,33). The van der Waals surface area contributed by atoms with Gasteiger partial charge in [0, 0.05) is 22.9 Å². The van der Waals surface area contributed by atoms with Crippen LogP contribution in [0.2, 0.25) is 0 Å². The van der Waals surface area contributed by atoms with Crippen LogP contribution in [-0.4, -0.2) is 47.5 Å². The number of nitrogens with one attached hydrogen (secondary N) is 2. The number of benzene rings is 2. The summed E-state index contributed by atoms with van der Waals surface area (Å²) in [6.07, 6.45) is -0.556. The number of rotatable bonds is 9. The second-order valence-corrected chi connectivity index (χ2v) is 7.33. The minimum atomic E-state index is -0.556. The molecule has 0 aliphatic rings. The summed E-state index contributed by atoms with van der Waals surface area (Å²) in [5.74, 6) is -0.912. The number of amides is 2. The van der Waals surface area contributed by atoms with Crippen molar-refractivity contribution in [1.29, 1.82) is 0 Å². The highest BCUT2D eigenvalue weighted by Crippen LogP contribution is 2.17. The van der Waals surface area contributed by atoms with Crippen molar-refractivity contribution >= 4 is 23.7 Å². The van der Waals surface area contributed by atoms with Crippen molar-refractivity contribution in [2.24, 2.45) is 0 Å². The molecule has 2 amide bonds. The number of hydrogen-bond donors (Lipinski definition) is 2. The summed E-state index contributed by atoms with van der Waals surface area (Å²) in [6, 6.07) is 16.7. The van der Waals surface area contributed by atoms with E-state index in [9.17, 15) is 19.2 Å². The molecule has 35 heavy (non-hydrogen) atoms. The van der Waals surface area contributed by atoms with Gasteiger partial charge in [-0.25, -0.2) is 9.48 Å². The van der Waals surface area contributed by atoms with E-state index in [1.165, 1.54) is 10.7 Å². The van der Waals surface area contributed by atoms with Gasteiger partial charge < -0.3 is 14.8 Å². The summed E-state index contributed by atoms with van der Waals surface area (Å²) in [5.41, 5.74) is 2.65. The summed E-state index contributed by atoms with van der Waals surface area (Å²) >= 11 is 0. The van der Waals surface area contributed by atoms with Crippen molar-refractivity contribution < 1.29 is 23.9 Å². The molecule has 0 radical (unpaired) electrons. The molecule has 2 N–H and O–H groups in total. The number of esters is 1. The summed E-state index contributed by atoms with van der Waals surface area (Å²) in [4.78, 5) is 47.7. The van der Waals surface area contributed by atoms with Gasteiger partial charge in [-0.3, -0.25) is 19.7 Å². The Bertz CT molecular complexity index is 1250. The largest absolute Gasteiger partial charge is 0.465 e. The number of anilines is 1. The highest BCUT2D eigenvalue weighted by atomic mass is 16.5. The summed E-state index contributed by atoms with van der Waals surface area (Å²) in [5, 5.41) is 9.57. The van der Waals surface area contributed by atoms with Crippen LogP contribution in [0.5, 0.6) is 0 Å². The highest BCUT2D eigenvalue weighted by molar-refractivity contribution is 5.96. The van der Waals surface area contributed by atoms with Crippen LogP contribution in [0.25, 0.3) is 11.3 Å². The molecule has 0 spiro atoms. The monoisotopic (exact) mass is 478 g/mol. The first kappa shape index (κ1) is 25.2. The Morgan fingerprint density at radius 2 is 1.69 bits per heavy atom. The van der Waals surface area contributed by atoms with E-state index in [0.29, 0.717) is 22.5 Å². The molecule has 0 unspecified atom stereocenters. The van der Waals surface area contributed by atoms with E-state index < -0.39 is 18.0 Å². The normalized spacial score (nSPS) is 10.3. The maximum absolute atomic E-state index is 12.4. The Labute approximate surface area is 201 Å². The van der Waals surface area contributed by atoms with Gasteiger partial charge in [0.05, 0.1) is 25.5 Å². The molecule has 3 rings (SSSR count). The van der Waals surface area contributed by atoms with E-state index in [2.05, 4.69) is 15.7 Å². The predicted octanol–water partition coefficient (Wildman–Crippen LogP) is 2.82. The molecule has 3 aromatic rings. The third-order valence-electron chi connectivity index (χ3n) is 4.79. The molecule has 0 fully saturated rings. The van der Waals surface area contributed by atoms with Gasteiger partial charge in [-0.2, -0.15) is 5.10 Å². The SMILES string of the molecule is CCOC(=O)CNC(=O)c1ccc(-c2ccc(=O)n(Cc3cccc(NC(=O)OCC)c3)n2)cc1. The van der Waals surface area contributed by atoms with Gasteiger partial charge in [0.1, 0.15) is 6.54 Å². The van der Waals surface area contributed by atoms with E-state index in [1.54, 1.807) is 62.4 Å². The van der Waals surface area contributed by atoms with E-state index in [1.807, 2.05) is 6.07 Å². The van der Waals surface area contributed by atoms with Gasteiger partial charge in [0.2, 0.25) is 0 Å². The Morgan fingerprint density at radius 3 is 2.40 bits per heavy atom. The summed E-state index contributed by atoms with van der Waals surface area (Å²) in [6.45, 7) is 3.90. The maximum Gasteiger partial charge on any atom is 0.411 e. The minimum absolute atomic E-state index is 0.194. The number of carbonyl (C=O) groups is 3. The van der Waals surface area contributed by atoms with E-state index in [0.717, 1.165) is 5.56 Å². The zero-order valence-corrected chi connectivity index (χ0v) is 19.4. The molecule has 0 saturated heterocycles. The predicted molar refractivity (Wildman–Crippen MR) is 129 cm³/mol. The van der Waals surface area contributed by atoms with E-state index in [4.69, 9.17) is 9.47 Å². The molecule has 0 bridgehead atoms. The third-order valence-corrected chi connectivity index (χ3v) is 4.79. The summed E-state index contributed by atoms with van der Waals surface area (Å²) in [7, 11) is 0. The number of aromatic nitrogens is 2.